The standard InChI is InChI=1S/C11H14N4O3/c12-9-6-8(15(17)18)2-3-10(9)14-5-1-4-13-11(16)7-14/h2-3,6H,1,4-5,7,12H2,(H,13,16). The summed E-state index contributed by atoms with van der Waals surface area (Å²) >= 11 is 0. The Bertz CT molecular complexity index is 489. The van der Waals surface area contributed by atoms with Gasteiger partial charge in [0.1, 0.15) is 0 Å². The van der Waals surface area contributed by atoms with Crippen molar-refractivity contribution < 1.29 is 9.72 Å². The fraction of sp³-hybridized carbons (Fsp3) is 0.364. The molecule has 3 N–H and O–H groups in total. The van der Waals surface area contributed by atoms with E-state index in [4.69, 9.17) is 5.73 Å². The second-order valence-corrected chi connectivity index (χ2v) is 4.13. The Balaban J connectivity index is 2.27. The number of rotatable bonds is 2. The highest BCUT2D eigenvalue weighted by Crippen LogP contribution is 2.27. The van der Waals surface area contributed by atoms with Gasteiger partial charge in [-0.3, -0.25) is 14.9 Å². The van der Waals surface area contributed by atoms with Gasteiger partial charge in [0, 0.05) is 25.2 Å². The van der Waals surface area contributed by atoms with E-state index in [2.05, 4.69) is 5.32 Å². The van der Waals surface area contributed by atoms with Crippen LogP contribution in [0.5, 0.6) is 0 Å². The minimum atomic E-state index is -0.491. The van der Waals surface area contributed by atoms with E-state index >= 15 is 0 Å². The lowest BCUT2D eigenvalue weighted by Gasteiger charge is -2.22. The fourth-order valence-electron chi connectivity index (χ4n) is 1.96. The van der Waals surface area contributed by atoms with E-state index in [9.17, 15) is 14.9 Å². The summed E-state index contributed by atoms with van der Waals surface area (Å²) in [5.41, 5.74) is 6.75. The molecule has 0 radical (unpaired) electrons. The summed E-state index contributed by atoms with van der Waals surface area (Å²) in [7, 11) is 0. The number of anilines is 2. The molecule has 0 saturated carbocycles. The number of hydrogen-bond donors (Lipinski definition) is 2. The topological polar surface area (TPSA) is 102 Å². The van der Waals surface area contributed by atoms with Crippen LogP contribution in [0.15, 0.2) is 18.2 Å². The number of carbonyl (C=O) groups is 1. The number of non-ortho nitro benzene ring substituents is 1. The van der Waals surface area contributed by atoms with Crippen molar-refractivity contribution >= 4 is 23.0 Å². The first-order valence-electron chi connectivity index (χ1n) is 5.63. The molecule has 1 fully saturated rings. The van der Waals surface area contributed by atoms with Crippen molar-refractivity contribution in [3.8, 4) is 0 Å². The second kappa shape index (κ2) is 4.91. The van der Waals surface area contributed by atoms with Crippen LogP contribution in [0.1, 0.15) is 6.42 Å². The number of nitro benzene ring substituents is 1. The van der Waals surface area contributed by atoms with Crippen molar-refractivity contribution in [3.05, 3.63) is 28.3 Å². The molecule has 0 atom stereocenters. The predicted octanol–water partition coefficient (Wildman–Crippen LogP) is 0.503. The molecular weight excluding hydrogens is 236 g/mol. The first-order valence-corrected chi connectivity index (χ1v) is 5.63. The van der Waals surface area contributed by atoms with Crippen molar-refractivity contribution in [2.75, 3.05) is 30.3 Å². The van der Waals surface area contributed by atoms with Crippen molar-refractivity contribution in [3.63, 3.8) is 0 Å². The zero-order chi connectivity index (χ0) is 13.1. The molecule has 1 aromatic rings. The van der Waals surface area contributed by atoms with Crippen LogP contribution < -0.4 is 16.0 Å². The lowest BCUT2D eigenvalue weighted by molar-refractivity contribution is -0.384. The minimum absolute atomic E-state index is 0.0458. The molecule has 7 nitrogen and oxygen atoms in total. The summed E-state index contributed by atoms with van der Waals surface area (Å²) in [4.78, 5) is 23.4. The first kappa shape index (κ1) is 12.2. The van der Waals surface area contributed by atoms with Crippen LogP contribution in [-0.2, 0) is 4.79 Å². The van der Waals surface area contributed by atoms with E-state index in [1.54, 1.807) is 6.07 Å². The number of carbonyl (C=O) groups excluding carboxylic acids is 1. The smallest absolute Gasteiger partial charge is 0.271 e. The van der Waals surface area contributed by atoms with Gasteiger partial charge >= 0.3 is 0 Å². The van der Waals surface area contributed by atoms with Crippen LogP contribution in [-0.4, -0.2) is 30.5 Å². The minimum Gasteiger partial charge on any atom is -0.397 e. The number of nitrogens with one attached hydrogen (secondary N) is 1. The van der Waals surface area contributed by atoms with Gasteiger partial charge in [0.2, 0.25) is 5.91 Å². The van der Waals surface area contributed by atoms with Gasteiger partial charge in [-0.25, -0.2) is 0 Å². The van der Waals surface area contributed by atoms with Crippen LogP contribution in [0.4, 0.5) is 17.1 Å². The molecule has 96 valence electrons. The summed E-state index contributed by atoms with van der Waals surface area (Å²) in [6.45, 7) is 1.56. The van der Waals surface area contributed by atoms with E-state index in [0.717, 1.165) is 6.42 Å². The van der Waals surface area contributed by atoms with Gasteiger partial charge in [0.25, 0.3) is 5.69 Å². The van der Waals surface area contributed by atoms with E-state index in [0.29, 0.717) is 24.5 Å². The third kappa shape index (κ3) is 2.50. The van der Waals surface area contributed by atoms with Gasteiger partial charge in [-0.2, -0.15) is 0 Å². The maximum Gasteiger partial charge on any atom is 0.271 e. The van der Waals surface area contributed by atoms with E-state index < -0.39 is 4.92 Å². The third-order valence-corrected chi connectivity index (χ3v) is 2.82. The average Bonchev–Trinajstić information content (AvgIpc) is 2.53. The summed E-state index contributed by atoms with van der Waals surface area (Å²) in [6, 6.07) is 4.30. The molecule has 1 amide bonds. The highest BCUT2D eigenvalue weighted by Gasteiger charge is 2.18. The Labute approximate surface area is 104 Å². The SMILES string of the molecule is Nc1cc([N+](=O)[O-])ccc1N1CCCNC(=O)C1. The van der Waals surface area contributed by atoms with Crippen LogP contribution in [0.2, 0.25) is 0 Å². The van der Waals surface area contributed by atoms with E-state index in [1.165, 1.54) is 12.1 Å². The molecule has 1 saturated heterocycles. The highest BCUT2D eigenvalue weighted by atomic mass is 16.6. The van der Waals surface area contributed by atoms with Crippen LogP contribution >= 0.6 is 0 Å². The summed E-state index contributed by atoms with van der Waals surface area (Å²) < 4.78 is 0. The van der Waals surface area contributed by atoms with Gasteiger partial charge < -0.3 is 16.0 Å². The number of amides is 1. The molecule has 1 heterocycles. The van der Waals surface area contributed by atoms with E-state index in [1.807, 2.05) is 4.90 Å². The van der Waals surface area contributed by atoms with Gasteiger partial charge in [-0.15, -0.1) is 0 Å². The molecule has 18 heavy (non-hydrogen) atoms. The lowest BCUT2D eigenvalue weighted by Crippen LogP contribution is -2.33. The zero-order valence-corrected chi connectivity index (χ0v) is 9.76. The zero-order valence-electron chi connectivity index (χ0n) is 9.76. The van der Waals surface area contributed by atoms with Gasteiger partial charge in [0.05, 0.1) is 22.8 Å². The molecule has 0 unspecified atom stereocenters. The number of nitro groups is 1. The van der Waals surface area contributed by atoms with Crippen molar-refractivity contribution in [1.82, 2.24) is 5.32 Å². The van der Waals surface area contributed by atoms with Crippen LogP contribution in [0, 0.1) is 10.1 Å². The Kier molecular flexibility index (Phi) is 3.31. The van der Waals surface area contributed by atoms with Crippen LogP contribution in [0.25, 0.3) is 0 Å². The van der Waals surface area contributed by atoms with Crippen molar-refractivity contribution in [2.24, 2.45) is 0 Å². The van der Waals surface area contributed by atoms with Gasteiger partial charge in [-0.05, 0) is 12.5 Å². The highest BCUT2D eigenvalue weighted by molar-refractivity contribution is 5.83. The van der Waals surface area contributed by atoms with E-state index in [-0.39, 0.29) is 18.1 Å². The monoisotopic (exact) mass is 250 g/mol. The number of nitrogens with two attached hydrogens (primary N) is 1. The lowest BCUT2D eigenvalue weighted by atomic mass is 10.2. The van der Waals surface area contributed by atoms with Gasteiger partial charge in [-0.1, -0.05) is 0 Å². The average molecular weight is 250 g/mol. The molecule has 1 aliphatic heterocycles. The van der Waals surface area contributed by atoms with Crippen molar-refractivity contribution in [2.45, 2.75) is 6.42 Å². The number of benzene rings is 1. The Hall–Kier alpha value is -2.31. The predicted molar refractivity (Wildman–Crippen MR) is 67.3 cm³/mol. The molecule has 1 aromatic carbocycles. The summed E-state index contributed by atoms with van der Waals surface area (Å²) in [5, 5.41) is 13.4. The molecule has 0 aliphatic carbocycles. The number of nitrogens with zero attached hydrogens (tertiary/aromatic N) is 2. The molecule has 0 spiro atoms. The third-order valence-electron chi connectivity index (χ3n) is 2.82. The second-order valence-electron chi connectivity index (χ2n) is 4.13. The van der Waals surface area contributed by atoms with Crippen molar-refractivity contribution in [1.29, 1.82) is 0 Å². The number of hydrogen-bond acceptors (Lipinski definition) is 5. The molecule has 1 aliphatic rings. The first-order chi connectivity index (χ1) is 8.58. The Morgan fingerprint density at radius 1 is 1.44 bits per heavy atom. The molecule has 0 aromatic heterocycles. The maximum atomic E-state index is 11.5. The maximum absolute atomic E-state index is 11.5. The Morgan fingerprint density at radius 3 is 2.89 bits per heavy atom. The molecular formula is C11H14N4O3. The largest absolute Gasteiger partial charge is 0.397 e. The summed E-state index contributed by atoms with van der Waals surface area (Å²) in [5.74, 6) is -0.0646. The molecule has 0 bridgehead atoms. The molecule has 2 rings (SSSR count). The van der Waals surface area contributed by atoms with Gasteiger partial charge in [0.15, 0.2) is 0 Å². The fourth-order valence-corrected chi connectivity index (χ4v) is 1.96. The molecule has 7 heteroatoms. The normalized spacial score (nSPS) is 16.0. The Morgan fingerprint density at radius 2 is 2.22 bits per heavy atom. The number of nitrogen functional groups attached to an aromatic ring is 1. The quantitative estimate of drug-likeness (QED) is 0.452. The summed E-state index contributed by atoms with van der Waals surface area (Å²) in [6.07, 6.45) is 0.822. The van der Waals surface area contributed by atoms with Crippen LogP contribution in [0.3, 0.4) is 0 Å².